The molecule has 0 aliphatic rings. The van der Waals surface area contributed by atoms with Crippen LogP contribution < -0.4 is 5.32 Å². The number of amides is 2. The number of unbranched alkanes of at least 4 members (excludes halogenated alkanes) is 1. The summed E-state index contributed by atoms with van der Waals surface area (Å²) in [6.45, 7) is 4.99. The van der Waals surface area contributed by atoms with Crippen LogP contribution in [-0.2, 0) is 28.3 Å². The molecule has 0 spiro atoms. The van der Waals surface area contributed by atoms with Crippen LogP contribution in [0.25, 0.3) is 0 Å². The minimum absolute atomic E-state index is 0.0877. The first-order chi connectivity index (χ1) is 17.9. The van der Waals surface area contributed by atoms with E-state index in [2.05, 4.69) is 37.4 Å². The van der Waals surface area contributed by atoms with Crippen LogP contribution in [0.2, 0.25) is 10.0 Å². The van der Waals surface area contributed by atoms with E-state index in [1.54, 1.807) is 28.8 Å². The standard InChI is InChI=1S/C30H34Cl2N2O2S/c1-3-4-15-33-30(36)28(18-23-10-6-5-7-11-23)34(19-24-13-14-26(31)27(32)17-24)29(35)21-37-20-25-12-8-9-22(2)16-25/h5-14,16-17,28H,3-4,15,18-21H2,1-2H3,(H,33,36)/t28-/m0/s1. The molecule has 0 aliphatic carbocycles. The van der Waals surface area contributed by atoms with E-state index in [1.165, 1.54) is 11.1 Å². The summed E-state index contributed by atoms with van der Waals surface area (Å²) in [6.07, 6.45) is 2.29. The SMILES string of the molecule is CCCCNC(=O)[C@H](Cc1ccccc1)N(Cc1ccc(Cl)c(Cl)c1)C(=O)CSCc1cccc(C)c1. The molecule has 1 N–H and O–H groups in total. The molecular weight excluding hydrogens is 523 g/mol. The molecule has 2 amide bonds. The van der Waals surface area contributed by atoms with E-state index in [0.717, 1.165) is 29.7 Å². The van der Waals surface area contributed by atoms with Crippen molar-refractivity contribution in [1.82, 2.24) is 10.2 Å². The largest absolute Gasteiger partial charge is 0.354 e. The van der Waals surface area contributed by atoms with Gasteiger partial charge in [0, 0.05) is 25.3 Å². The van der Waals surface area contributed by atoms with Crippen molar-refractivity contribution >= 4 is 46.8 Å². The molecule has 0 bridgehead atoms. The maximum atomic E-state index is 13.7. The van der Waals surface area contributed by atoms with E-state index >= 15 is 0 Å². The molecular formula is C30H34Cl2N2O2S. The number of benzene rings is 3. The van der Waals surface area contributed by atoms with Crippen molar-refractivity contribution in [2.24, 2.45) is 0 Å². The first-order valence-electron chi connectivity index (χ1n) is 12.6. The van der Waals surface area contributed by atoms with Crippen molar-refractivity contribution in [3.8, 4) is 0 Å². The van der Waals surface area contributed by atoms with Crippen molar-refractivity contribution in [1.29, 1.82) is 0 Å². The van der Waals surface area contributed by atoms with Crippen LogP contribution in [0.3, 0.4) is 0 Å². The molecule has 0 unspecified atom stereocenters. The Morgan fingerprint density at radius 2 is 1.68 bits per heavy atom. The number of carbonyl (C=O) groups is 2. The Kier molecular flexibility index (Phi) is 11.8. The van der Waals surface area contributed by atoms with Gasteiger partial charge in [0.15, 0.2) is 0 Å². The number of hydrogen-bond donors (Lipinski definition) is 1. The van der Waals surface area contributed by atoms with E-state index in [4.69, 9.17) is 23.2 Å². The maximum absolute atomic E-state index is 13.7. The quantitative estimate of drug-likeness (QED) is 0.228. The van der Waals surface area contributed by atoms with Gasteiger partial charge in [-0.15, -0.1) is 11.8 Å². The molecule has 4 nitrogen and oxygen atoms in total. The Morgan fingerprint density at radius 1 is 0.919 bits per heavy atom. The summed E-state index contributed by atoms with van der Waals surface area (Å²) in [4.78, 5) is 28.8. The van der Waals surface area contributed by atoms with Crippen molar-refractivity contribution in [3.63, 3.8) is 0 Å². The summed E-state index contributed by atoms with van der Waals surface area (Å²) in [5.74, 6) is 0.757. The van der Waals surface area contributed by atoms with Crippen molar-refractivity contribution in [3.05, 3.63) is 105 Å². The normalized spacial score (nSPS) is 11.7. The highest BCUT2D eigenvalue weighted by Gasteiger charge is 2.30. The number of nitrogens with zero attached hydrogens (tertiary/aromatic N) is 1. The second-order valence-corrected chi connectivity index (χ2v) is 10.9. The van der Waals surface area contributed by atoms with Gasteiger partial charge in [0.2, 0.25) is 11.8 Å². The highest BCUT2D eigenvalue weighted by molar-refractivity contribution is 7.99. The van der Waals surface area contributed by atoms with Gasteiger partial charge in [-0.1, -0.05) is 103 Å². The number of hydrogen-bond acceptors (Lipinski definition) is 3. The highest BCUT2D eigenvalue weighted by Crippen LogP contribution is 2.25. The van der Waals surface area contributed by atoms with E-state index < -0.39 is 6.04 Å². The zero-order valence-electron chi connectivity index (χ0n) is 21.4. The van der Waals surface area contributed by atoms with Crippen LogP contribution in [0.4, 0.5) is 0 Å². The van der Waals surface area contributed by atoms with Crippen LogP contribution in [-0.4, -0.2) is 35.1 Å². The lowest BCUT2D eigenvalue weighted by atomic mass is 10.0. The number of rotatable bonds is 13. The smallest absolute Gasteiger partial charge is 0.243 e. The number of nitrogens with one attached hydrogen (secondary N) is 1. The molecule has 1 atom stereocenters. The Bertz CT molecular complexity index is 1170. The fourth-order valence-electron chi connectivity index (χ4n) is 4.04. The molecule has 0 heterocycles. The molecule has 0 aromatic heterocycles. The fourth-order valence-corrected chi connectivity index (χ4v) is 5.21. The molecule has 3 aromatic rings. The zero-order valence-corrected chi connectivity index (χ0v) is 23.7. The summed E-state index contributed by atoms with van der Waals surface area (Å²) in [5, 5.41) is 3.92. The van der Waals surface area contributed by atoms with Crippen LogP contribution in [0.1, 0.15) is 42.0 Å². The van der Waals surface area contributed by atoms with Gasteiger partial charge in [0.1, 0.15) is 6.04 Å². The van der Waals surface area contributed by atoms with E-state index in [1.807, 2.05) is 42.5 Å². The van der Waals surface area contributed by atoms with Gasteiger partial charge >= 0.3 is 0 Å². The third-order valence-corrected chi connectivity index (χ3v) is 7.74. The van der Waals surface area contributed by atoms with Crippen LogP contribution in [0, 0.1) is 6.92 Å². The lowest BCUT2D eigenvalue weighted by Gasteiger charge is -2.31. The number of thioether (sulfide) groups is 1. The van der Waals surface area contributed by atoms with E-state index in [-0.39, 0.29) is 24.1 Å². The molecule has 0 saturated heterocycles. The van der Waals surface area contributed by atoms with Gasteiger partial charge in [-0.3, -0.25) is 9.59 Å². The van der Waals surface area contributed by atoms with Gasteiger partial charge in [0.25, 0.3) is 0 Å². The first-order valence-corrected chi connectivity index (χ1v) is 14.5. The average molecular weight is 558 g/mol. The molecule has 3 rings (SSSR count). The Balaban J connectivity index is 1.85. The summed E-state index contributed by atoms with van der Waals surface area (Å²) >= 11 is 14.0. The highest BCUT2D eigenvalue weighted by atomic mass is 35.5. The van der Waals surface area contributed by atoms with Gasteiger partial charge in [-0.05, 0) is 42.2 Å². The van der Waals surface area contributed by atoms with Gasteiger partial charge in [-0.25, -0.2) is 0 Å². The summed E-state index contributed by atoms with van der Waals surface area (Å²) in [7, 11) is 0. The maximum Gasteiger partial charge on any atom is 0.243 e. The van der Waals surface area contributed by atoms with Crippen LogP contribution in [0.15, 0.2) is 72.8 Å². The Morgan fingerprint density at radius 3 is 2.38 bits per heavy atom. The van der Waals surface area contributed by atoms with Crippen LogP contribution >= 0.6 is 35.0 Å². The lowest BCUT2D eigenvalue weighted by molar-refractivity contribution is -0.139. The third kappa shape index (κ3) is 9.41. The number of aryl methyl sites for hydroxylation is 1. The molecule has 37 heavy (non-hydrogen) atoms. The van der Waals surface area contributed by atoms with Gasteiger partial charge in [-0.2, -0.15) is 0 Å². The molecule has 7 heteroatoms. The molecule has 0 saturated carbocycles. The van der Waals surface area contributed by atoms with Crippen molar-refractivity contribution in [2.45, 2.75) is 51.4 Å². The fraction of sp³-hybridized carbons (Fsp3) is 0.333. The summed E-state index contributed by atoms with van der Waals surface area (Å²) < 4.78 is 0. The lowest BCUT2D eigenvalue weighted by Crippen LogP contribution is -2.51. The minimum Gasteiger partial charge on any atom is -0.354 e. The monoisotopic (exact) mass is 556 g/mol. The first kappa shape index (κ1) is 29.1. The van der Waals surface area contributed by atoms with E-state index in [0.29, 0.717) is 23.0 Å². The Hall–Kier alpha value is -2.47. The van der Waals surface area contributed by atoms with Crippen molar-refractivity contribution in [2.75, 3.05) is 12.3 Å². The van der Waals surface area contributed by atoms with E-state index in [9.17, 15) is 9.59 Å². The van der Waals surface area contributed by atoms with Crippen molar-refractivity contribution < 1.29 is 9.59 Å². The zero-order chi connectivity index (χ0) is 26.6. The van der Waals surface area contributed by atoms with Gasteiger partial charge < -0.3 is 10.2 Å². The number of halogens is 2. The van der Waals surface area contributed by atoms with Crippen LogP contribution in [0.5, 0.6) is 0 Å². The molecule has 0 radical (unpaired) electrons. The molecule has 196 valence electrons. The van der Waals surface area contributed by atoms with Gasteiger partial charge in [0.05, 0.1) is 15.8 Å². The predicted molar refractivity (Wildman–Crippen MR) is 156 cm³/mol. The topological polar surface area (TPSA) is 49.4 Å². The minimum atomic E-state index is -0.652. The molecule has 0 aliphatic heterocycles. The molecule has 3 aromatic carbocycles. The average Bonchev–Trinajstić information content (AvgIpc) is 2.89. The Labute approximate surface area is 234 Å². The molecule has 0 fully saturated rings. The summed E-state index contributed by atoms with van der Waals surface area (Å²) in [6, 6.07) is 22.8. The number of carbonyl (C=O) groups excluding carboxylic acids is 2. The third-order valence-electron chi connectivity index (χ3n) is 6.01. The second kappa shape index (κ2) is 15.1. The second-order valence-electron chi connectivity index (χ2n) is 9.10. The predicted octanol–water partition coefficient (Wildman–Crippen LogP) is 7.09. The summed E-state index contributed by atoms with van der Waals surface area (Å²) in [5.41, 5.74) is 4.19.